The molecule has 0 fully saturated rings. The van der Waals surface area contributed by atoms with E-state index in [1.807, 2.05) is 43.5 Å². The zero-order valence-corrected chi connectivity index (χ0v) is 18.3. The van der Waals surface area contributed by atoms with Gasteiger partial charge in [-0.3, -0.25) is 14.5 Å². The summed E-state index contributed by atoms with van der Waals surface area (Å²) in [6, 6.07) is 12.6. The number of nitriles is 1. The second kappa shape index (κ2) is 9.04. The molecule has 0 aliphatic heterocycles. The first-order valence-corrected chi connectivity index (χ1v) is 10.3. The van der Waals surface area contributed by atoms with Crippen molar-refractivity contribution in [3.63, 3.8) is 0 Å². The van der Waals surface area contributed by atoms with Crippen LogP contribution in [-0.2, 0) is 6.54 Å². The minimum atomic E-state index is -0.233. The number of benzene rings is 1. The van der Waals surface area contributed by atoms with Crippen LogP contribution in [0.25, 0.3) is 22.6 Å². The third-order valence-corrected chi connectivity index (χ3v) is 5.22. The van der Waals surface area contributed by atoms with Crippen molar-refractivity contribution in [3.8, 4) is 28.7 Å². The summed E-state index contributed by atoms with van der Waals surface area (Å²) in [5.74, 6) is 0.370. The third kappa shape index (κ3) is 4.53. The normalized spacial score (nSPS) is 11.7. The van der Waals surface area contributed by atoms with Crippen LogP contribution in [0.15, 0.2) is 55.0 Å². The van der Waals surface area contributed by atoms with Crippen molar-refractivity contribution in [2.24, 2.45) is 0 Å². The molecular weight excluding hydrogens is 426 g/mol. The number of H-pyrrole nitrogens is 1. The quantitative estimate of drug-likeness (QED) is 0.466. The van der Waals surface area contributed by atoms with Crippen LogP contribution in [0.2, 0.25) is 5.02 Å². The fourth-order valence-electron chi connectivity index (χ4n) is 3.33. The van der Waals surface area contributed by atoms with Crippen LogP contribution in [0.5, 0.6) is 0 Å². The van der Waals surface area contributed by atoms with Crippen molar-refractivity contribution in [3.05, 3.63) is 77.0 Å². The van der Waals surface area contributed by atoms with E-state index in [4.69, 9.17) is 16.9 Å². The van der Waals surface area contributed by atoms with Gasteiger partial charge in [0.1, 0.15) is 17.6 Å². The topological polar surface area (TPSA) is 112 Å². The molecule has 1 aromatic carbocycles. The molecule has 0 aliphatic rings. The molecule has 3 aromatic heterocycles. The van der Waals surface area contributed by atoms with Crippen LogP contribution in [0.4, 0.5) is 0 Å². The molecule has 4 aromatic rings. The van der Waals surface area contributed by atoms with Crippen LogP contribution in [0.1, 0.15) is 28.7 Å². The van der Waals surface area contributed by atoms with E-state index in [1.165, 1.54) is 0 Å². The van der Waals surface area contributed by atoms with E-state index in [1.54, 1.807) is 36.1 Å². The Morgan fingerprint density at radius 1 is 1.31 bits per heavy atom. The number of carbonyl (C=O) groups is 1. The van der Waals surface area contributed by atoms with Crippen molar-refractivity contribution in [1.82, 2.24) is 30.0 Å². The van der Waals surface area contributed by atoms with E-state index in [2.05, 4.69) is 25.4 Å². The SMILES string of the molecule is Cc1nc(-c2cccnc2)[nH]c1C(=O)N[C@@H](C)Cn1ccc(-c2ccc(C#N)c(Cl)c2)n1. The highest BCUT2D eigenvalue weighted by molar-refractivity contribution is 6.32. The average Bonchev–Trinajstić information content (AvgIpc) is 3.41. The summed E-state index contributed by atoms with van der Waals surface area (Å²) in [4.78, 5) is 24.4. The van der Waals surface area contributed by atoms with Crippen LogP contribution in [-0.4, -0.2) is 36.7 Å². The summed E-state index contributed by atoms with van der Waals surface area (Å²) >= 11 is 6.12. The zero-order chi connectivity index (χ0) is 22.7. The standard InChI is InChI=1S/C23H20ClN7O/c1-14(13-31-9-7-20(30-31)16-5-6-17(11-25)19(24)10-16)27-23(32)21-15(2)28-22(29-21)18-4-3-8-26-12-18/h3-10,12,14H,13H2,1-2H3,(H,27,32)(H,28,29)/t14-/m0/s1. The minimum Gasteiger partial charge on any atom is -0.346 e. The first kappa shape index (κ1) is 21.3. The predicted molar refractivity (Wildman–Crippen MR) is 121 cm³/mol. The highest BCUT2D eigenvalue weighted by Crippen LogP contribution is 2.24. The lowest BCUT2D eigenvalue weighted by Gasteiger charge is -2.13. The summed E-state index contributed by atoms with van der Waals surface area (Å²) in [7, 11) is 0. The summed E-state index contributed by atoms with van der Waals surface area (Å²) < 4.78 is 1.76. The van der Waals surface area contributed by atoms with Crippen LogP contribution < -0.4 is 5.32 Å². The van der Waals surface area contributed by atoms with Crippen LogP contribution >= 0.6 is 11.6 Å². The van der Waals surface area contributed by atoms with Gasteiger partial charge in [-0.2, -0.15) is 10.4 Å². The average molecular weight is 446 g/mol. The molecule has 4 rings (SSSR count). The smallest absolute Gasteiger partial charge is 0.269 e. The number of aromatic nitrogens is 5. The lowest BCUT2D eigenvalue weighted by Crippen LogP contribution is -2.36. The number of aryl methyl sites for hydroxylation is 1. The summed E-state index contributed by atoms with van der Waals surface area (Å²) in [6.45, 7) is 4.18. The number of carbonyl (C=O) groups excluding carboxylic acids is 1. The monoisotopic (exact) mass is 445 g/mol. The number of aromatic amines is 1. The summed E-state index contributed by atoms with van der Waals surface area (Å²) in [6.07, 6.45) is 5.22. The molecule has 0 bridgehead atoms. The number of hydrogen-bond acceptors (Lipinski definition) is 5. The summed E-state index contributed by atoms with van der Waals surface area (Å²) in [5, 5.41) is 16.9. The highest BCUT2D eigenvalue weighted by Gasteiger charge is 2.18. The molecule has 32 heavy (non-hydrogen) atoms. The predicted octanol–water partition coefficient (Wildman–Crippen LogP) is 3.99. The maximum absolute atomic E-state index is 12.8. The van der Waals surface area contributed by atoms with Gasteiger partial charge in [0.05, 0.1) is 28.5 Å². The van der Waals surface area contributed by atoms with Gasteiger partial charge in [0, 0.05) is 35.8 Å². The molecule has 0 saturated carbocycles. The number of pyridine rings is 1. The Morgan fingerprint density at radius 3 is 2.88 bits per heavy atom. The molecule has 3 heterocycles. The highest BCUT2D eigenvalue weighted by atomic mass is 35.5. The number of nitrogens with one attached hydrogen (secondary N) is 2. The van der Waals surface area contributed by atoms with Gasteiger partial charge in [0.2, 0.25) is 0 Å². The van der Waals surface area contributed by atoms with Gasteiger partial charge >= 0.3 is 0 Å². The number of hydrogen-bond donors (Lipinski definition) is 2. The molecule has 9 heteroatoms. The largest absolute Gasteiger partial charge is 0.346 e. The van der Waals surface area contributed by atoms with Crippen molar-refractivity contribution >= 4 is 17.5 Å². The maximum Gasteiger partial charge on any atom is 0.269 e. The molecule has 0 aliphatic carbocycles. The van der Waals surface area contributed by atoms with Gasteiger partial charge in [-0.1, -0.05) is 17.7 Å². The molecule has 1 amide bonds. The van der Waals surface area contributed by atoms with Crippen LogP contribution in [0.3, 0.4) is 0 Å². The lowest BCUT2D eigenvalue weighted by molar-refractivity contribution is 0.0931. The molecular formula is C23H20ClN7O. The Bertz CT molecular complexity index is 1300. The Kier molecular flexibility index (Phi) is 6.01. The van der Waals surface area contributed by atoms with Gasteiger partial charge in [-0.15, -0.1) is 0 Å². The van der Waals surface area contributed by atoms with Crippen LogP contribution in [0, 0.1) is 18.3 Å². The van der Waals surface area contributed by atoms with E-state index in [0.29, 0.717) is 34.3 Å². The van der Waals surface area contributed by atoms with Crippen molar-refractivity contribution in [2.75, 3.05) is 0 Å². The van der Waals surface area contributed by atoms with E-state index >= 15 is 0 Å². The molecule has 0 radical (unpaired) electrons. The molecule has 2 N–H and O–H groups in total. The number of imidazole rings is 1. The molecule has 1 atom stereocenters. The number of nitrogens with zero attached hydrogens (tertiary/aromatic N) is 5. The Morgan fingerprint density at radius 2 is 2.16 bits per heavy atom. The van der Waals surface area contributed by atoms with E-state index < -0.39 is 0 Å². The number of rotatable bonds is 6. The number of halogens is 1. The Labute approximate surface area is 189 Å². The van der Waals surface area contributed by atoms with Crippen molar-refractivity contribution in [2.45, 2.75) is 26.4 Å². The first-order valence-electron chi connectivity index (χ1n) is 9.96. The minimum absolute atomic E-state index is 0.177. The lowest BCUT2D eigenvalue weighted by atomic mass is 10.1. The molecule has 0 spiro atoms. The van der Waals surface area contributed by atoms with Gasteiger partial charge in [0.25, 0.3) is 5.91 Å². The van der Waals surface area contributed by atoms with Gasteiger partial charge in [0.15, 0.2) is 0 Å². The van der Waals surface area contributed by atoms with Crippen molar-refractivity contribution < 1.29 is 4.79 Å². The number of amides is 1. The molecule has 8 nitrogen and oxygen atoms in total. The van der Waals surface area contributed by atoms with Gasteiger partial charge in [-0.05, 0) is 44.2 Å². The fraction of sp³-hybridized carbons (Fsp3) is 0.174. The van der Waals surface area contributed by atoms with Gasteiger partial charge < -0.3 is 10.3 Å². The third-order valence-electron chi connectivity index (χ3n) is 4.91. The Hall–Kier alpha value is -3.96. The first-order chi connectivity index (χ1) is 15.4. The second-order valence-electron chi connectivity index (χ2n) is 7.39. The van der Waals surface area contributed by atoms with E-state index in [9.17, 15) is 4.79 Å². The Balaban J connectivity index is 1.42. The molecule has 160 valence electrons. The molecule has 0 saturated heterocycles. The van der Waals surface area contributed by atoms with E-state index in [-0.39, 0.29) is 11.9 Å². The maximum atomic E-state index is 12.8. The zero-order valence-electron chi connectivity index (χ0n) is 17.5. The summed E-state index contributed by atoms with van der Waals surface area (Å²) in [5.41, 5.74) is 3.83. The van der Waals surface area contributed by atoms with Crippen molar-refractivity contribution in [1.29, 1.82) is 5.26 Å². The fourth-order valence-corrected chi connectivity index (χ4v) is 3.55. The second-order valence-corrected chi connectivity index (χ2v) is 7.80. The van der Waals surface area contributed by atoms with E-state index in [0.717, 1.165) is 16.8 Å². The van der Waals surface area contributed by atoms with Gasteiger partial charge in [-0.25, -0.2) is 4.98 Å². The molecule has 0 unspecified atom stereocenters.